The van der Waals surface area contributed by atoms with Crippen LogP contribution in [0.4, 0.5) is 6.01 Å². The van der Waals surface area contributed by atoms with Crippen LogP contribution in [-0.2, 0) is 9.53 Å². The third kappa shape index (κ3) is 3.35. The Kier molecular flexibility index (Phi) is 4.61. The Labute approximate surface area is 147 Å². The summed E-state index contributed by atoms with van der Waals surface area (Å²) in [6, 6.07) is 8.48. The lowest BCUT2D eigenvalue weighted by molar-refractivity contribution is -0.143. The summed E-state index contributed by atoms with van der Waals surface area (Å²) in [5.41, 5.74) is 1.70. The van der Waals surface area contributed by atoms with Crippen molar-refractivity contribution in [3.05, 3.63) is 24.3 Å². The Morgan fingerprint density at radius 3 is 2.80 bits per heavy atom. The molecule has 0 aliphatic carbocycles. The number of benzene rings is 1. The van der Waals surface area contributed by atoms with Crippen LogP contribution in [0.3, 0.4) is 0 Å². The van der Waals surface area contributed by atoms with Crippen LogP contribution >= 0.6 is 0 Å². The van der Waals surface area contributed by atoms with E-state index >= 15 is 0 Å². The van der Waals surface area contributed by atoms with E-state index in [1.165, 1.54) is 0 Å². The van der Waals surface area contributed by atoms with Crippen molar-refractivity contribution in [3.63, 3.8) is 0 Å². The van der Waals surface area contributed by atoms with E-state index in [1.54, 1.807) is 0 Å². The molecule has 1 atom stereocenters. The van der Waals surface area contributed by atoms with Crippen molar-refractivity contribution in [3.8, 4) is 0 Å². The van der Waals surface area contributed by atoms with Gasteiger partial charge in [0.25, 0.3) is 6.01 Å². The summed E-state index contributed by atoms with van der Waals surface area (Å²) in [5, 5.41) is 0. The molecule has 134 valence electrons. The van der Waals surface area contributed by atoms with Gasteiger partial charge in [-0.15, -0.1) is 0 Å². The molecular weight excluding hydrogens is 318 g/mol. The fraction of sp³-hybridized carbons (Fsp3) is 0.579. The number of carbonyl (C=O) groups excluding carboxylic acids is 1. The zero-order valence-corrected chi connectivity index (χ0v) is 14.7. The average molecular weight is 343 g/mol. The minimum atomic E-state index is 0.108. The van der Waals surface area contributed by atoms with Crippen molar-refractivity contribution >= 4 is 23.0 Å². The highest BCUT2D eigenvalue weighted by Crippen LogP contribution is 2.27. The zero-order chi connectivity index (χ0) is 17.2. The fourth-order valence-corrected chi connectivity index (χ4v) is 3.74. The molecule has 0 N–H and O–H groups in total. The number of hydrogen-bond donors (Lipinski definition) is 0. The molecule has 2 aliphatic heterocycles. The number of carbonyl (C=O) groups is 1. The lowest BCUT2D eigenvalue weighted by Crippen LogP contribution is -2.49. The second kappa shape index (κ2) is 7.04. The number of fused-ring (bicyclic) bond motifs is 1. The summed E-state index contributed by atoms with van der Waals surface area (Å²) in [4.78, 5) is 21.5. The Hall–Kier alpha value is -2.08. The molecule has 0 spiro atoms. The number of oxazole rings is 1. The van der Waals surface area contributed by atoms with Crippen molar-refractivity contribution < 1.29 is 13.9 Å². The van der Waals surface area contributed by atoms with Crippen LogP contribution in [0.15, 0.2) is 28.7 Å². The van der Waals surface area contributed by atoms with Gasteiger partial charge in [0.15, 0.2) is 5.58 Å². The van der Waals surface area contributed by atoms with Crippen LogP contribution in [0.5, 0.6) is 0 Å². The molecule has 2 aliphatic rings. The van der Waals surface area contributed by atoms with Gasteiger partial charge in [-0.2, -0.15) is 4.98 Å². The molecular formula is C19H25N3O3. The molecule has 2 aromatic rings. The van der Waals surface area contributed by atoms with Gasteiger partial charge >= 0.3 is 0 Å². The van der Waals surface area contributed by atoms with Gasteiger partial charge in [0.1, 0.15) is 5.52 Å². The number of anilines is 1. The van der Waals surface area contributed by atoms with E-state index in [4.69, 9.17) is 9.15 Å². The molecule has 2 saturated heterocycles. The van der Waals surface area contributed by atoms with Gasteiger partial charge in [-0.25, -0.2) is 0 Å². The van der Waals surface area contributed by atoms with Crippen LogP contribution in [0.2, 0.25) is 0 Å². The van der Waals surface area contributed by atoms with Crippen LogP contribution in [-0.4, -0.2) is 54.7 Å². The molecule has 1 aromatic heterocycles. The number of para-hydroxylation sites is 2. The molecule has 1 amide bonds. The third-order valence-electron chi connectivity index (χ3n) is 5.30. The maximum Gasteiger partial charge on any atom is 0.298 e. The zero-order valence-electron chi connectivity index (χ0n) is 14.7. The maximum absolute atomic E-state index is 12.8. The Morgan fingerprint density at radius 2 is 2.04 bits per heavy atom. The molecule has 0 radical (unpaired) electrons. The van der Waals surface area contributed by atoms with E-state index < -0.39 is 0 Å². The maximum atomic E-state index is 12.8. The van der Waals surface area contributed by atoms with Crippen LogP contribution < -0.4 is 4.90 Å². The summed E-state index contributed by atoms with van der Waals surface area (Å²) in [6.07, 6.45) is 2.86. The number of ether oxygens (including phenoxy) is 1. The molecule has 1 aromatic carbocycles. The second-order valence-electron chi connectivity index (χ2n) is 6.91. The number of morpholine rings is 1. The van der Waals surface area contributed by atoms with Crippen molar-refractivity contribution in [1.29, 1.82) is 0 Å². The molecule has 6 heteroatoms. The predicted octanol–water partition coefficient (Wildman–Crippen LogP) is 2.68. The van der Waals surface area contributed by atoms with E-state index in [9.17, 15) is 4.79 Å². The number of aromatic nitrogens is 1. The van der Waals surface area contributed by atoms with E-state index in [2.05, 4.69) is 16.8 Å². The average Bonchev–Trinajstić information content (AvgIpc) is 3.12. The smallest absolute Gasteiger partial charge is 0.298 e. The first kappa shape index (κ1) is 16.4. The van der Waals surface area contributed by atoms with E-state index in [0.29, 0.717) is 18.5 Å². The SMILES string of the molecule is CC[C@@H]1CN(C(=O)C2CCN(c3nc4ccccc4o3)CC2)CCO1. The lowest BCUT2D eigenvalue weighted by Gasteiger charge is -2.37. The molecule has 3 heterocycles. The summed E-state index contributed by atoms with van der Waals surface area (Å²) >= 11 is 0. The van der Waals surface area contributed by atoms with Gasteiger partial charge in [-0.05, 0) is 31.4 Å². The first-order chi connectivity index (χ1) is 12.2. The largest absolute Gasteiger partial charge is 0.423 e. The van der Waals surface area contributed by atoms with Gasteiger partial charge in [0.2, 0.25) is 5.91 Å². The Morgan fingerprint density at radius 1 is 1.24 bits per heavy atom. The van der Waals surface area contributed by atoms with Gasteiger partial charge in [-0.3, -0.25) is 4.79 Å². The summed E-state index contributed by atoms with van der Waals surface area (Å²) in [7, 11) is 0. The monoisotopic (exact) mass is 343 g/mol. The van der Waals surface area contributed by atoms with Crippen LogP contribution in [0.25, 0.3) is 11.1 Å². The lowest BCUT2D eigenvalue weighted by atomic mass is 9.95. The topological polar surface area (TPSA) is 58.8 Å². The van der Waals surface area contributed by atoms with Crippen molar-refractivity contribution in [2.45, 2.75) is 32.3 Å². The number of piperidine rings is 1. The van der Waals surface area contributed by atoms with Crippen molar-refractivity contribution in [1.82, 2.24) is 9.88 Å². The molecule has 0 bridgehead atoms. The Bertz CT molecular complexity index is 703. The van der Waals surface area contributed by atoms with Gasteiger partial charge in [0, 0.05) is 32.1 Å². The van der Waals surface area contributed by atoms with E-state index in [0.717, 1.165) is 56.5 Å². The van der Waals surface area contributed by atoms with Crippen LogP contribution in [0, 0.1) is 5.92 Å². The van der Waals surface area contributed by atoms with Gasteiger partial charge in [0.05, 0.1) is 12.7 Å². The number of nitrogens with zero attached hydrogens (tertiary/aromatic N) is 3. The normalized spacial score (nSPS) is 22.5. The summed E-state index contributed by atoms with van der Waals surface area (Å²) in [6.45, 7) is 5.85. The molecule has 25 heavy (non-hydrogen) atoms. The molecule has 4 rings (SSSR count). The van der Waals surface area contributed by atoms with Gasteiger partial charge in [-0.1, -0.05) is 19.1 Å². The van der Waals surface area contributed by atoms with Crippen LogP contribution in [0.1, 0.15) is 26.2 Å². The number of hydrogen-bond acceptors (Lipinski definition) is 5. The first-order valence-corrected chi connectivity index (χ1v) is 9.25. The third-order valence-corrected chi connectivity index (χ3v) is 5.30. The highest BCUT2D eigenvalue weighted by Gasteiger charge is 2.32. The second-order valence-corrected chi connectivity index (χ2v) is 6.91. The predicted molar refractivity (Wildman–Crippen MR) is 95.6 cm³/mol. The minimum Gasteiger partial charge on any atom is -0.423 e. The molecule has 0 saturated carbocycles. The summed E-state index contributed by atoms with van der Waals surface area (Å²) < 4.78 is 11.5. The Balaban J connectivity index is 1.37. The highest BCUT2D eigenvalue weighted by atomic mass is 16.5. The number of amides is 1. The standard InChI is InChI=1S/C19H25N3O3/c1-2-15-13-22(11-12-24-15)18(23)14-7-9-21(10-8-14)19-20-16-5-3-4-6-17(16)25-19/h3-6,14-15H,2,7-13H2,1H3/t15-/m1/s1. The molecule has 2 fully saturated rings. The van der Waals surface area contributed by atoms with E-state index in [1.807, 2.05) is 29.2 Å². The van der Waals surface area contributed by atoms with Gasteiger partial charge < -0.3 is 19.0 Å². The van der Waals surface area contributed by atoms with E-state index in [-0.39, 0.29) is 12.0 Å². The first-order valence-electron chi connectivity index (χ1n) is 9.25. The fourth-order valence-electron chi connectivity index (χ4n) is 3.74. The highest BCUT2D eigenvalue weighted by molar-refractivity contribution is 5.79. The molecule has 0 unspecified atom stereocenters. The van der Waals surface area contributed by atoms with Crippen molar-refractivity contribution in [2.75, 3.05) is 37.7 Å². The number of rotatable bonds is 3. The van der Waals surface area contributed by atoms with Crippen molar-refractivity contribution in [2.24, 2.45) is 5.92 Å². The minimum absolute atomic E-state index is 0.108. The quantitative estimate of drug-likeness (QED) is 0.857. The summed E-state index contributed by atoms with van der Waals surface area (Å²) in [5.74, 6) is 0.398. The molecule has 6 nitrogen and oxygen atoms in total.